The Balaban J connectivity index is 4.23. The van der Waals surface area contributed by atoms with Crippen LogP contribution >= 0.6 is 0 Å². The lowest BCUT2D eigenvalue weighted by Crippen LogP contribution is -2.49. The Morgan fingerprint density at radius 1 is 0.909 bits per heavy atom. The van der Waals surface area contributed by atoms with Crippen LogP contribution in [0.15, 0.2) is 0 Å². The molecule has 0 rings (SSSR count). The van der Waals surface area contributed by atoms with Crippen LogP contribution in [0, 0.1) is 0 Å². The van der Waals surface area contributed by atoms with Crippen LogP contribution in [0.2, 0.25) is 0 Å². The molecule has 0 aliphatic heterocycles. The van der Waals surface area contributed by atoms with Crippen LogP contribution in [0.5, 0.6) is 0 Å². The number of rotatable bonds is 10. The molecule has 6 N–H and O–H groups in total. The Hall–Kier alpha value is -1.59. The highest BCUT2D eigenvalue weighted by molar-refractivity contribution is 5.88. The van der Waals surface area contributed by atoms with Crippen LogP contribution in [0.25, 0.3) is 0 Å². The molecule has 0 aliphatic rings. The zero-order valence-electron chi connectivity index (χ0n) is 11.7. The topological polar surface area (TPSA) is 182 Å². The number of aliphatic carboxylic acids is 1. The van der Waals surface area contributed by atoms with Gasteiger partial charge < -0.3 is 35.4 Å². The summed E-state index contributed by atoms with van der Waals surface area (Å²) in [6, 6.07) is 0. The zero-order valence-corrected chi connectivity index (χ0v) is 11.7. The summed E-state index contributed by atoms with van der Waals surface area (Å²) in [5, 5.41) is 54.1. The van der Waals surface area contributed by atoms with Crippen molar-refractivity contribution in [3.63, 3.8) is 0 Å². The molecule has 0 amide bonds. The van der Waals surface area contributed by atoms with Gasteiger partial charge in [-0.2, -0.15) is 0 Å². The Morgan fingerprint density at radius 3 is 1.95 bits per heavy atom. The van der Waals surface area contributed by atoms with Crippen molar-refractivity contribution in [1.29, 1.82) is 0 Å². The zero-order chi connectivity index (χ0) is 17.3. The number of carbonyl (C=O) groups excluding carboxylic acids is 2. The molecule has 0 saturated carbocycles. The van der Waals surface area contributed by atoms with E-state index in [-0.39, 0.29) is 25.7 Å². The van der Waals surface area contributed by atoms with Gasteiger partial charge in [-0.1, -0.05) is 0 Å². The minimum absolute atomic E-state index is 0.145. The van der Waals surface area contributed by atoms with Gasteiger partial charge in [0.1, 0.15) is 18.3 Å². The van der Waals surface area contributed by atoms with E-state index in [4.69, 9.17) is 15.3 Å². The Labute approximate surface area is 125 Å². The van der Waals surface area contributed by atoms with Crippen LogP contribution in [0.3, 0.4) is 0 Å². The molecule has 0 aromatic rings. The van der Waals surface area contributed by atoms with Gasteiger partial charge in [0.25, 0.3) is 0 Å². The predicted molar refractivity (Wildman–Crippen MR) is 68.3 cm³/mol. The van der Waals surface area contributed by atoms with Gasteiger partial charge in [0, 0.05) is 12.8 Å². The van der Waals surface area contributed by atoms with E-state index < -0.39 is 48.9 Å². The molecule has 10 nitrogen and oxygen atoms in total. The van der Waals surface area contributed by atoms with Crippen molar-refractivity contribution in [2.24, 2.45) is 0 Å². The summed E-state index contributed by atoms with van der Waals surface area (Å²) >= 11 is 0. The van der Waals surface area contributed by atoms with Crippen molar-refractivity contribution < 1.29 is 49.8 Å². The SMILES string of the molecule is O=C(O)CCCCC(=O)OC(=O)[C@H](O)[C@@H](O)[C@H](O)[C@H](O)CO. The van der Waals surface area contributed by atoms with Crippen LogP contribution in [-0.2, 0) is 19.1 Å². The van der Waals surface area contributed by atoms with Gasteiger partial charge in [0.05, 0.1) is 6.61 Å². The molecular weight excluding hydrogens is 304 g/mol. The fraction of sp³-hybridized carbons (Fsp3) is 0.750. The van der Waals surface area contributed by atoms with Crippen molar-refractivity contribution in [2.45, 2.75) is 50.1 Å². The number of carbonyl (C=O) groups is 3. The molecule has 0 spiro atoms. The Morgan fingerprint density at radius 2 is 1.45 bits per heavy atom. The molecule has 128 valence electrons. The highest BCUT2D eigenvalue weighted by Crippen LogP contribution is 2.08. The summed E-state index contributed by atoms with van der Waals surface area (Å²) in [6.45, 7) is -0.914. The quantitative estimate of drug-likeness (QED) is 0.139. The number of esters is 2. The van der Waals surface area contributed by atoms with Gasteiger partial charge in [0.2, 0.25) is 0 Å². The molecule has 0 radical (unpaired) electrons. The van der Waals surface area contributed by atoms with E-state index in [0.717, 1.165) is 0 Å². The van der Waals surface area contributed by atoms with Gasteiger partial charge in [-0.05, 0) is 12.8 Å². The van der Waals surface area contributed by atoms with E-state index in [1.807, 2.05) is 0 Å². The number of ether oxygens (including phenoxy) is 1. The minimum atomic E-state index is -2.29. The smallest absolute Gasteiger partial charge is 0.345 e. The molecule has 10 heteroatoms. The second kappa shape index (κ2) is 10.2. The summed E-state index contributed by atoms with van der Waals surface area (Å²) in [6.07, 6.45) is -8.30. The number of hydrogen-bond donors (Lipinski definition) is 6. The summed E-state index contributed by atoms with van der Waals surface area (Å²) in [5.41, 5.74) is 0. The highest BCUT2D eigenvalue weighted by atomic mass is 16.6. The number of aliphatic hydroxyl groups excluding tert-OH is 5. The second-order valence-corrected chi connectivity index (χ2v) is 4.57. The first-order chi connectivity index (χ1) is 10.2. The molecule has 0 aliphatic carbocycles. The molecular formula is C12H20O10. The summed E-state index contributed by atoms with van der Waals surface area (Å²) in [4.78, 5) is 32.8. The third kappa shape index (κ3) is 7.43. The first kappa shape index (κ1) is 20.4. The maximum absolute atomic E-state index is 11.3. The second-order valence-electron chi connectivity index (χ2n) is 4.57. The largest absolute Gasteiger partial charge is 0.481 e. The van der Waals surface area contributed by atoms with E-state index in [2.05, 4.69) is 4.74 Å². The third-order valence-corrected chi connectivity index (χ3v) is 2.73. The molecule has 0 heterocycles. The predicted octanol–water partition coefficient (Wildman–Crippen LogP) is -2.86. The summed E-state index contributed by atoms with van der Waals surface area (Å²) < 4.78 is 4.21. The number of unbranched alkanes of at least 4 members (excludes halogenated alkanes) is 1. The van der Waals surface area contributed by atoms with E-state index in [0.29, 0.717) is 0 Å². The molecule has 0 fully saturated rings. The monoisotopic (exact) mass is 324 g/mol. The average Bonchev–Trinajstić information content (AvgIpc) is 2.48. The van der Waals surface area contributed by atoms with E-state index in [9.17, 15) is 29.7 Å². The van der Waals surface area contributed by atoms with Crippen LogP contribution in [0.1, 0.15) is 25.7 Å². The van der Waals surface area contributed by atoms with E-state index in [1.165, 1.54) is 0 Å². The van der Waals surface area contributed by atoms with Crippen LogP contribution in [-0.4, -0.2) is 79.6 Å². The molecule has 0 saturated heterocycles. The lowest BCUT2D eigenvalue weighted by atomic mass is 10.0. The summed E-state index contributed by atoms with van der Waals surface area (Å²) in [5.74, 6) is -3.59. The molecule has 0 bridgehead atoms. The van der Waals surface area contributed by atoms with E-state index in [1.54, 1.807) is 0 Å². The molecule has 0 aromatic heterocycles. The van der Waals surface area contributed by atoms with E-state index >= 15 is 0 Å². The van der Waals surface area contributed by atoms with Crippen molar-refractivity contribution in [3.05, 3.63) is 0 Å². The first-order valence-corrected chi connectivity index (χ1v) is 6.50. The maximum Gasteiger partial charge on any atom is 0.345 e. The Kier molecular flexibility index (Phi) is 9.45. The molecule has 4 atom stereocenters. The van der Waals surface area contributed by atoms with Gasteiger partial charge in [-0.15, -0.1) is 0 Å². The highest BCUT2D eigenvalue weighted by Gasteiger charge is 2.35. The molecule has 22 heavy (non-hydrogen) atoms. The minimum Gasteiger partial charge on any atom is -0.481 e. The molecule has 0 unspecified atom stereocenters. The van der Waals surface area contributed by atoms with Crippen molar-refractivity contribution in [2.75, 3.05) is 6.61 Å². The van der Waals surface area contributed by atoms with Crippen molar-refractivity contribution in [3.8, 4) is 0 Å². The lowest BCUT2D eigenvalue weighted by molar-refractivity contribution is -0.177. The normalized spacial score (nSPS) is 16.4. The average molecular weight is 324 g/mol. The first-order valence-electron chi connectivity index (χ1n) is 6.50. The van der Waals surface area contributed by atoms with Crippen molar-refractivity contribution in [1.82, 2.24) is 0 Å². The number of carboxylic acid groups (broad SMARTS) is 1. The number of hydrogen-bond acceptors (Lipinski definition) is 9. The van der Waals surface area contributed by atoms with Gasteiger partial charge in [-0.3, -0.25) is 9.59 Å². The van der Waals surface area contributed by atoms with Gasteiger partial charge >= 0.3 is 17.9 Å². The summed E-state index contributed by atoms with van der Waals surface area (Å²) in [7, 11) is 0. The maximum atomic E-state index is 11.3. The Bertz CT molecular complexity index is 382. The van der Waals surface area contributed by atoms with Crippen LogP contribution < -0.4 is 0 Å². The van der Waals surface area contributed by atoms with Crippen LogP contribution in [0.4, 0.5) is 0 Å². The van der Waals surface area contributed by atoms with Gasteiger partial charge in [-0.25, -0.2) is 4.79 Å². The lowest BCUT2D eigenvalue weighted by Gasteiger charge is -2.24. The molecule has 0 aromatic carbocycles. The van der Waals surface area contributed by atoms with Gasteiger partial charge in [0.15, 0.2) is 6.10 Å². The standard InChI is InChI=1S/C12H20O10/c13-5-6(14)9(18)10(19)11(20)12(21)22-8(17)4-2-1-3-7(15)16/h6,9-11,13-14,18-20H,1-5H2,(H,15,16)/t6-,9-,10+,11-/m1/s1. The fourth-order valence-electron chi connectivity index (χ4n) is 1.43. The number of carboxylic acids is 1. The third-order valence-electron chi connectivity index (χ3n) is 2.73. The van der Waals surface area contributed by atoms with Crippen molar-refractivity contribution >= 4 is 17.9 Å². The number of aliphatic hydroxyl groups is 5. The fourth-order valence-corrected chi connectivity index (χ4v) is 1.43.